The van der Waals surface area contributed by atoms with Gasteiger partial charge < -0.3 is 5.73 Å². The lowest BCUT2D eigenvalue weighted by molar-refractivity contribution is 0.0359. The number of nitrogens with two attached hydrogens (primary N) is 1. The molecule has 3 nitrogen and oxygen atoms in total. The monoisotopic (exact) mass is 243 g/mol. The Bertz CT molecular complexity index is 239. The van der Waals surface area contributed by atoms with E-state index >= 15 is 0 Å². The minimum atomic E-state index is -0.795. The van der Waals surface area contributed by atoms with Gasteiger partial charge in [0, 0.05) is 38.3 Å². The maximum atomic E-state index is 13.6. The molecule has 2 rings (SSSR count). The second-order valence-electron chi connectivity index (χ2n) is 5.76. The molecular formula is C13H26FN3. The van der Waals surface area contributed by atoms with Gasteiger partial charge in [0.15, 0.2) is 0 Å². The minimum Gasteiger partial charge on any atom is -0.324 e. The van der Waals surface area contributed by atoms with E-state index in [9.17, 15) is 4.39 Å². The van der Waals surface area contributed by atoms with Gasteiger partial charge in [-0.05, 0) is 33.1 Å². The first-order valence-corrected chi connectivity index (χ1v) is 6.97. The molecule has 0 aromatic carbocycles. The van der Waals surface area contributed by atoms with Crippen molar-refractivity contribution in [2.45, 2.75) is 57.4 Å². The number of nitrogens with zero attached hydrogens (tertiary/aromatic N) is 2. The molecule has 0 radical (unpaired) electrons. The zero-order chi connectivity index (χ0) is 12.4. The van der Waals surface area contributed by atoms with Gasteiger partial charge in [0.25, 0.3) is 0 Å². The second kappa shape index (κ2) is 5.63. The summed E-state index contributed by atoms with van der Waals surface area (Å²) < 4.78 is 13.6. The van der Waals surface area contributed by atoms with Crippen molar-refractivity contribution in [2.24, 2.45) is 5.73 Å². The Balaban J connectivity index is 1.87. The van der Waals surface area contributed by atoms with Gasteiger partial charge in [-0.2, -0.15) is 0 Å². The van der Waals surface area contributed by atoms with E-state index in [0.29, 0.717) is 12.5 Å². The Kier molecular flexibility index (Phi) is 4.39. The molecule has 0 spiro atoms. The second-order valence-corrected chi connectivity index (χ2v) is 5.76. The molecule has 17 heavy (non-hydrogen) atoms. The molecule has 1 aliphatic heterocycles. The first-order valence-electron chi connectivity index (χ1n) is 6.97. The number of piperazine rings is 1. The molecule has 2 aliphatic rings. The highest BCUT2D eigenvalue weighted by Crippen LogP contribution is 2.25. The summed E-state index contributed by atoms with van der Waals surface area (Å²) in [5, 5.41) is 0. The fourth-order valence-electron chi connectivity index (χ4n) is 3.16. The standard InChI is InChI=1S/C13H26FN3/c1-10(2)16-6-8-17(9-7-16)12-5-3-4-11(14)13(12)15/h10-13H,3-9,15H2,1-2H3. The molecule has 1 saturated carbocycles. The van der Waals surface area contributed by atoms with E-state index in [1.165, 1.54) is 0 Å². The Morgan fingerprint density at radius 2 is 1.76 bits per heavy atom. The molecule has 3 unspecified atom stereocenters. The molecule has 1 aliphatic carbocycles. The minimum absolute atomic E-state index is 0.269. The van der Waals surface area contributed by atoms with Crippen LogP contribution in [0.5, 0.6) is 0 Å². The molecule has 4 heteroatoms. The van der Waals surface area contributed by atoms with E-state index in [2.05, 4.69) is 23.6 Å². The zero-order valence-electron chi connectivity index (χ0n) is 11.1. The van der Waals surface area contributed by atoms with Crippen molar-refractivity contribution in [2.75, 3.05) is 26.2 Å². The molecule has 2 N–H and O–H groups in total. The van der Waals surface area contributed by atoms with Gasteiger partial charge in [0.05, 0.1) is 6.04 Å². The largest absolute Gasteiger partial charge is 0.324 e. The van der Waals surface area contributed by atoms with Crippen LogP contribution in [0.2, 0.25) is 0 Å². The fourth-order valence-corrected chi connectivity index (χ4v) is 3.16. The summed E-state index contributed by atoms with van der Waals surface area (Å²) in [6, 6.07) is 0.619. The van der Waals surface area contributed by atoms with Crippen LogP contribution < -0.4 is 5.73 Å². The van der Waals surface area contributed by atoms with Crippen molar-refractivity contribution in [3.05, 3.63) is 0 Å². The summed E-state index contributed by atoms with van der Waals surface area (Å²) in [7, 11) is 0. The van der Waals surface area contributed by atoms with Gasteiger partial charge in [0.2, 0.25) is 0 Å². The molecule has 100 valence electrons. The topological polar surface area (TPSA) is 32.5 Å². The van der Waals surface area contributed by atoms with E-state index in [1.54, 1.807) is 0 Å². The number of halogens is 1. The first kappa shape index (κ1) is 13.2. The highest BCUT2D eigenvalue weighted by Gasteiger charge is 2.35. The number of hydrogen-bond acceptors (Lipinski definition) is 3. The maximum Gasteiger partial charge on any atom is 0.117 e. The molecule has 3 atom stereocenters. The molecule has 0 bridgehead atoms. The van der Waals surface area contributed by atoms with E-state index in [0.717, 1.165) is 39.0 Å². The van der Waals surface area contributed by atoms with Crippen molar-refractivity contribution >= 4 is 0 Å². The zero-order valence-corrected chi connectivity index (χ0v) is 11.1. The predicted molar refractivity (Wildman–Crippen MR) is 68.8 cm³/mol. The van der Waals surface area contributed by atoms with E-state index < -0.39 is 6.17 Å². The van der Waals surface area contributed by atoms with Crippen LogP contribution in [0, 0.1) is 0 Å². The lowest BCUT2D eigenvalue weighted by Crippen LogP contribution is -2.59. The predicted octanol–water partition coefficient (Wildman–Crippen LogP) is 1.23. The van der Waals surface area contributed by atoms with Crippen LogP contribution in [0.25, 0.3) is 0 Å². The average Bonchev–Trinajstić information content (AvgIpc) is 2.33. The first-order chi connectivity index (χ1) is 8.09. The molecule has 1 heterocycles. The third-order valence-electron chi connectivity index (χ3n) is 4.39. The van der Waals surface area contributed by atoms with Crippen LogP contribution in [-0.4, -0.2) is 60.3 Å². The van der Waals surface area contributed by atoms with Crippen LogP contribution in [0.4, 0.5) is 4.39 Å². The summed E-state index contributed by atoms with van der Waals surface area (Å²) >= 11 is 0. The Morgan fingerprint density at radius 3 is 2.35 bits per heavy atom. The van der Waals surface area contributed by atoms with Gasteiger partial charge in [0.1, 0.15) is 6.17 Å². The average molecular weight is 243 g/mol. The van der Waals surface area contributed by atoms with E-state index in [-0.39, 0.29) is 12.1 Å². The van der Waals surface area contributed by atoms with Crippen LogP contribution >= 0.6 is 0 Å². The van der Waals surface area contributed by atoms with Crippen LogP contribution in [0.3, 0.4) is 0 Å². The molecule has 0 aromatic heterocycles. The number of rotatable bonds is 2. The maximum absolute atomic E-state index is 13.6. The van der Waals surface area contributed by atoms with Gasteiger partial charge in [-0.25, -0.2) is 4.39 Å². The summed E-state index contributed by atoms with van der Waals surface area (Å²) in [5.74, 6) is 0. The van der Waals surface area contributed by atoms with Crippen LogP contribution in [0.15, 0.2) is 0 Å². The van der Waals surface area contributed by atoms with Gasteiger partial charge in [-0.15, -0.1) is 0 Å². The molecular weight excluding hydrogens is 217 g/mol. The van der Waals surface area contributed by atoms with E-state index in [4.69, 9.17) is 5.73 Å². The highest BCUT2D eigenvalue weighted by atomic mass is 19.1. The highest BCUT2D eigenvalue weighted by molar-refractivity contribution is 4.93. The Labute approximate surface area is 104 Å². The Hall–Kier alpha value is -0.190. The molecule has 0 aromatic rings. The molecule has 0 amide bonds. The number of hydrogen-bond donors (Lipinski definition) is 1. The van der Waals surface area contributed by atoms with Gasteiger partial charge in [-0.1, -0.05) is 0 Å². The van der Waals surface area contributed by atoms with Gasteiger partial charge in [-0.3, -0.25) is 9.80 Å². The van der Waals surface area contributed by atoms with Crippen molar-refractivity contribution < 1.29 is 4.39 Å². The van der Waals surface area contributed by atoms with Crippen molar-refractivity contribution in [1.29, 1.82) is 0 Å². The number of alkyl halides is 1. The summed E-state index contributed by atoms with van der Waals surface area (Å²) in [5.41, 5.74) is 6.02. The SMILES string of the molecule is CC(C)N1CCN(C2CCCC(F)C2N)CC1. The Morgan fingerprint density at radius 1 is 1.12 bits per heavy atom. The van der Waals surface area contributed by atoms with E-state index in [1.807, 2.05) is 0 Å². The van der Waals surface area contributed by atoms with Gasteiger partial charge >= 0.3 is 0 Å². The summed E-state index contributed by atoms with van der Waals surface area (Å²) in [6.07, 6.45) is 1.92. The quantitative estimate of drug-likeness (QED) is 0.792. The smallest absolute Gasteiger partial charge is 0.117 e. The normalized spacial score (nSPS) is 37.6. The van der Waals surface area contributed by atoms with Crippen LogP contribution in [0.1, 0.15) is 33.1 Å². The molecule has 1 saturated heterocycles. The fraction of sp³-hybridized carbons (Fsp3) is 1.00. The van der Waals surface area contributed by atoms with Crippen molar-refractivity contribution in [1.82, 2.24) is 9.80 Å². The molecule has 2 fully saturated rings. The lowest BCUT2D eigenvalue weighted by Gasteiger charge is -2.44. The summed E-state index contributed by atoms with van der Waals surface area (Å²) in [6.45, 7) is 8.75. The third kappa shape index (κ3) is 2.98. The van der Waals surface area contributed by atoms with Crippen molar-refractivity contribution in [3.8, 4) is 0 Å². The lowest BCUT2D eigenvalue weighted by atomic mass is 9.88. The van der Waals surface area contributed by atoms with Crippen molar-refractivity contribution in [3.63, 3.8) is 0 Å². The van der Waals surface area contributed by atoms with Crippen LogP contribution in [-0.2, 0) is 0 Å². The third-order valence-corrected chi connectivity index (χ3v) is 4.39. The summed E-state index contributed by atoms with van der Waals surface area (Å²) in [4.78, 5) is 4.90.